The lowest BCUT2D eigenvalue weighted by molar-refractivity contribution is -0.117. The molecule has 2 amide bonds. The average molecular weight is 301 g/mol. The van der Waals surface area contributed by atoms with Gasteiger partial charge in [0.05, 0.1) is 0 Å². The topological polar surface area (TPSA) is 66.6 Å². The molecule has 2 saturated heterocycles. The zero-order valence-corrected chi connectivity index (χ0v) is 13.0. The van der Waals surface area contributed by atoms with Gasteiger partial charge in [0.25, 0.3) is 5.91 Å². The first-order valence-electron chi connectivity index (χ1n) is 7.92. The first kappa shape index (κ1) is 15.0. The number of anilines is 1. The fourth-order valence-corrected chi connectivity index (χ4v) is 3.25. The summed E-state index contributed by atoms with van der Waals surface area (Å²) in [6.45, 7) is 4.98. The van der Waals surface area contributed by atoms with Crippen molar-refractivity contribution in [3.63, 3.8) is 0 Å². The van der Waals surface area contributed by atoms with Gasteiger partial charge in [-0.3, -0.25) is 9.59 Å². The van der Waals surface area contributed by atoms with E-state index in [2.05, 4.69) is 6.92 Å². The van der Waals surface area contributed by atoms with Crippen molar-refractivity contribution in [2.75, 3.05) is 31.1 Å². The minimum atomic E-state index is 0.0393. The molecule has 1 aromatic rings. The van der Waals surface area contributed by atoms with E-state index in [9.17, 15) is 9.59 Å². The van der Waals surface area contributed by atoms with E-state index in [1.54, 1.807) is 4.90 Å². The van der Waals surface area contributed by atoms with Crippen LogP contribution in [-0.2, 0) is 4.79 Å². The molecule has 1 aromatic carbocycles. The molecule has 1 unspecified atom stereocenters. The lowest BCUT2D eigenvalue weighted by Gasteiger charge is -2.23. The van der Waals surface area contributed by atoms with E-state index >= 15 is 0 Å². The van der Waals surface area contributed by atoms with E-state index in [-0.39, 0.29) is 17.2 Å². The number of carbonyl (C=O) groups excluding carboxylic acids is 2. The number of hydrogen-bond donors (Lipinski definition) is 1. The summed E-state index contributed by atoms with van der Waals surface area (Å²) in [6, 6.07) is 7.38. The standard InChI is InChI=1S/C17H23N3O2/c1-17(11-18)8-10-19(12-17)16(22)13-4-6-14(7-5-13)20-9-2-3-15(20)21/h4-7H,2-3,8-12,18H2,1H3. The molecule has 2 aliphatic rings. The summed E-state index contributed by atoms with van der Waals surface area (Å²) in [4.78, 5) is 28.0. The number of nitrogens with zero attached hydrogens (tertiary/aromatic N) is 2. The van der Waals surface area contributed by atoms with Crippen LogP contribution >= 0.6 is 0 Å². The highest BCUT2D eigenvalue weighted by atomic mass is 16.2. The van der Waals surface area contributed by atoms with Crippen LogP contribution < -0.4 is 10.6 Å². The normalized spacial score (nSPS) is 25.1. The molecule has 118 valence electrons. The molecule has 3 rings (SSSR count). The maximum absolute atomic E-state index is 12.6. The van der Waals surface area contributed by atoms with Gasteiger partial charge in [0.15, 0.2) is 0 Å². The van der Waals surface area contributed by atoms with Crippen LogP contribution in [0.15, 0.2) is 24.3 Å². The van der Waals surface area contributed by atoms with Crippen molar-refractivity contribution in [3.05, 3.63) is 29.8 Å². The molecular formula is C17H23N3O2. The summed E-state index contributed by atoms with van der Waals surface area (Å²) in [5.74, 6) is 0.216. The summed E-state index contributed by atoms with van der Waals surface area (Å²) in [5, 5.41) is 0. The van der Waals surface area contributed by atoms with Crippen molar-refractivity contribution in [2.24, 2.45) is 11.1 Å². The molecule has 5 heteroatoms. The lowest BCUT2D eigenvalue weighted by Crippen LogP contribution is -2.34. The fourth-order valence-electron chi connectivity index (χ4n) is 3.25. The number of nitrogens with two attached hydrogens (primary N) is 1. The van der Waals surface area contributed by atoms with Gasteiger partial charge in [-0.15, -0.1) is 0 Å². The number of rotatable bonds is 3. The zero-order chi connectivity index (χ0) is 15.7. The highest BCUT2D eigenvalue weighted by molar-refractivity contribution is 5.97. The third-order valence-corrected chi connectivity index (χ3v) is 4.84. The van der Waals surface area contributed by atoms with Gasteiger partial charge in [0.2, 0.25) is 5.91 Å². The second-order valence-corrected chi connectivity index (χ2v) is 6.69. The van der Waals surface area contributed by atoms with Gasteiger partial charge in [-0.1, -0.05) is 6.92 Å². The number of benzene rings is 1. The first-order valence-corrected chi connectivity index (χ1v) is 7.92. The van der Waals surface area contributed by atoms with Crippen molar-refractivity contribution >= 4 is 17.5 Å². The van der Waals surface area contributed by atoms with Gasteiger partial charge in [-0.2, -0.15) is 0 Å². The number of hydrogen-bond acceptors (Lipinski definition) is 3. The van der Waals surface area contributed by atoms with Crippen LogP contribution in [0.2, 0.25) is 0 Å². The quantitative estimate of drug-likeness (QED) is 0.922. The second kappa shape index (κ2) is 5.72. The van der Waals surface area contributed by atoms with Crippen LogP contribution in [0.3, 0.4) is 0 Å². The average Bonchev–Trinajstić information content (AvgIpc) is 3.14. The molecule has 0 spiro atoms. The lowest BCUT2D eigenvalue weighted by atomic mass is 9.90. The minimum absolute atomic E-state index is 0.0393. The Kier molecular flexibility index (Phi) is 3.91. The SMILES string of the molecule is CC1(CN)CCN(C(=O)c2ccc(N3CCCC3=O)cc2)C1. The van der Waals surface area contributed by atoms with Gasteiger partial charge in [-0.25, -0.2) is 0 Å². The van der Waals surface area contributed by atoms with Crippen molar-refractivity contribution < 1.29 is 9.59 Å². The van der Waals surface area contributed by atoms with E-state index in [1.165, 1.54) is 0 Å². The Morgan fingerprint density at radius 3 is 2.55 bits per heavy atom. The predicted molar refractivity (Wildman–Crippen MR) is 85.7 cm³/mol. The second-order valence-electron chi connectivity index (χ2n) is 6.69. The minimum Gasteiger partial charge on any atom is -0.338 e. The molecule has 0 aliphatic carbocycles. The van der Waals surface area contributed by atoms with Crippen molar-refractivity contribution in [3.8, 4) is 0 Å². The molecular weight excluding hydrogens is 278 g/mol. The van der Waals surface area contributed by atoms with Crippen LogP contribution in [0.4, 0.5) is 5.69 Å². The number of carbonyl (C=O) groups is 2. The van der Waals surface area contributed by atoms with Gasteiger partial charge in [0, 0.05) is 37.3 Å². The molecule has 0 aromatic heterocycles. The fraction of sp³-hybridized carbons (Fsp3) is 0.529. The Balaban J connectivity index is 1.70. The molecule has 1 atom stereocenters. The van der Waals surface area contributed by atoms with E-state index in [4.69, 9.17) is 5.73 Å². The maximum Gasteiger partial charge on any atom is 0.253 e. The number of amides is 2. The van der Waals surface area contributed by atoms with Crippen molar-refractivity contribution in [1.82, 2.24) is 4.90 Å². The third-order valence-electron chi connectivity index (χ3n) is 4.84. The summed E-state index contributed by atoms with van der Waals surface area (Å²) < 4.78 is 0. The molecule has 0 saturated carbocycles. The maximum atomic E-state index is 12.6. The molecule has 2 fully saturated rings. The van der Waals surface area contributed by atoms with E-state index < -0.39 is 0 Å². The summed E-state index contributed by atoms with van der Waals surface area (Å²) in [5.41, 5.74) is 7.39. The molecule has 2 N–H and O–H groups in total. The summed E-state index contributed by atoms with van der Waals surface area (Å²) in [6.07, 6.45) is 2.48. The van der Waals surface area contributed by atoms with E-state index in [1.807, 2.05) is 29.2 Å². The molecule has 2 heterocycles. The molecule has 0 bridgehead atoms. The van der Waals surface area contributed by atoms with Gasteiger partial charge >= 0.3 is 0 Å². The Bertz CT molecular complexity index is 584. The van der Waals surface area contributed by atoms with Crippen LogP contribution in [0, 0.1) is 5.41 Å². The predicted octanol–water partition coefficient (Wildman–Crippen LogP) is 1.62. The highest BCUT2D eigenvalue weighted by Gasteiger charge is 2.35. The van der Waals surface area contributed by atoms with E-state index in [0.717, 1.165) is 31.6 Å². The third kappa shape index (κ3) is 2.73. The van der Waals surface area contributed by atoms with Crippen molar-refractivity contribution in [2.45, 2.75) is 26.2 Å². The number of likely N-dealkylation sites (tertiary alicyclic amines) is 1. The Morgan fingerprint density at radius 2 is 2.00 bits per heavy atom. The molecule has 2 aliphatic heterocycles. The van der Waals surface area contributed by atoms with Crippen molar-refractivity contribution in [1.29, 1.82) is 0 Å². The van der Waals surface area contributed by atoms with Gasteiger partial charge in [0.1, 0.15) is 0 Å². The summed E-state index contributed by atoms with van der Waals surface area (Å²) >= 11 is 0. The van der Waals surface area contributed by atoms with Gasteiger partial charge in [-0.05, 0) is 49.1 Å². The van der Waals surface area contributed by atoms with E-state index in [0.29, 0.717) is 25.1 Å². The first-order chi connectivity index (χ1) is 10.5. The Labute approximate surface area is 131 Å². The Morgan fingerprint density at radius 1 is 1.27 bits per heavy atom. The molecule has 0 radical (unpaired) electrons. The zero-order valence-electron chi connectivity index (χ0n) is 13.0. The van der Waals surface area contributed by atoms with Gasteiger partial charge < -0.3 is 15.5 Å². The highest BCUT2D eigenvalue weighted by Crippen LogP contribution is 2.30. The van der Waals surface area contributed by atoms with Crippen LogP contribution in [0.5, 0.6) is 0 Å². The molecule has 5 nitrogen and oxygen atoms in total. The smallest absolute Gasteiger partial charge is 0.253 e. The van der Waals surface area contributed by atoms with Crippen LogP contribution in [0.1, 0.15) is 36.5 Å². The largest absolute Gasteiger partial charge is 0.338 e. The monoisotopic (exact) mass is 301 g/mol. The Hall–Kier alpha value is -1.88. The molecule has 22 heavy (non-hydrogen) atoms. The van der Waals surface area contributed by atoms with Crippen LogP contribution in [0.25, 0.3) is 0 Å². The summed E-state index contributed by atoms with van der Waals surface area (Å²) in [7, 11) is 0. The van der Waals surface area contributed by atoms with Crippen LogP contribution in [-0.4, -0.2) is 42.9 Å².